The number of allylic oxidation sites excluding steroid dienone is 2. The van der Waals surface area contributed by atoms with Gasteiger partial charge in [-0.1, -0.05) is 176 Å². The van der Waals surface area contributed by atoms with E-state index in [-0.39, 0.29) is 18.1 Å². The van der Waals surface area contributed by atoms with E-state index in [4.69, 9.17) is 0 Å². The van der Waals surface area contributed by atoms with Gasteiger partial charge in [-0.2, -0.15) is 4.58 Å². The van der Waals surface area contributed by atoms with Crippen molar-refractivity contribution in [1.29, 1.82) is 0 Å². The second-order valence-electron chi connectivity index (χ2n) is 18.7. The van der Waals surface area contributed by atoms with E-state index in [1.54, 1.807) is 0 Å². The molecule has 12 aromatic rings. The summed E-state index contributed by atoms with van der Waals surface area (Å²) in [5, 5.41) is 19.0. The van der Waals surface area contributed by atoms with E-state index < -0.39 is 0 Å². The number of hydrogen-bond donors (Lipinski definition) is 1. The van der Waals surface area contributed by atoms with E-state index in [0.717, 1.165) is 17.2 Å². The van der Waals surface area contributed by atoms with Crippen molar-refractivity contribution in [2.45, 2.75) is 18.1 Å². The van der Waals surface area contributed by atoms with Crippen molar-refractivity contribution in [2.24, 2.45) is 0 Å². The van der Waals surface area contributed by atoms with Gasteiger partial charge in [0.1, 0.15) is 5.69 Å². The third-order valence-electron chi connectivity index (χ3n) is 15.1. The summed E-state index contributed by atoms with van der Waals surface area (Å²) in [7, 11) is 0. The molecule has 15 rings (SSSR count). The minimum Gasteiger partial charge on any atom is -0.332 e. The van der Waals surface area contributed by atoms with Crippen LogP contribution in [0.2, 0.25) is 0 Å². The smallest absolute Gasteiger partial charge is 0.290 e. The van der Waals surface area contributed by atoms with Crippen molar-refractivity contribution in [3.05, 3.63) is 253 Å². The fraction of sp³-hybridized carbons (Fsp3) is 0.0469. The van der Waals surface area contributed by atoms with Gasteiger partial charge in [-0.25, -0.2) is 5.32 Å². The predicted octanol–water partition coefficient (Wildman–Crippen LogP) is 15.7. The summed E-state index contributed by atoms with van der Waals surface area (Å²) in [6, 6.07) is 78.9. The molecule has 1 N–H and O–H groups in total. The molecule has 3 heterocycles. The van der Waals surface area contributed by atoms with E-state index in [1.807, 2.05) is 0 Å². The van der Waals surface area contributed by atoms with E-state index >= 15 is 0 Å². The molecule has 0 fully saturated rings. The van der Waals surface area contributed by atoms with Gasteiger partial charge in [-0.05, 0) is 109 Å². The Labute approximate surface area is 393 Å². The van der Waals surface area contributed by atoms with Gasteiger partial charge in [-0.3, -0.25) is 0 Å². The molecule has 0 radical (unpaired) electrons. The maximum atomic E-state index is 3.99. The van der Waals surface area contributed by atoms with Crippen LogP contribution in [0.3, 0.4) is 0 Å². The number of anilines is 2. The number of benzene rings is 11. The molecule has 3 unspecified atom stereocenters. The van der Waals surface area contributed by atoms with Crippen LogP contribution in [0, 0.1) is 0 Å². The molecule has 3 atom stereocenters. The summed E-state index contributed by atoms with van der Waals surface area (Å²) in [6.07, 6.45) is 9.24. The van der Waals surface area contributed by atoms with Gasteiger partial charge in [0, 0.05) is 38.7 Å². The first kappa shape index (κ1) is 37.5. The minimum absolute atomic E-state index is 0.0337. The quantitative estimate of drug-likeness (QED) is 0.138. The molecule has 2 aliphatic heterocycles. The Balaban J connectivity index is 0.948. The van der Waals surface area contributed by atoms with Gasteiger partial charge in [0.2, 0.25) is 0 Å². The fourth-order valence-corrected chi connectivity index (χ4v) is 12.1. The summed E-state index contributed by atoms with van der Waals surface area (Å²) >= 11 is 0. The summed E-state index contributed by atoms with van der Waals surface area (Å²) in [6.45, 7) is 0. The molecule has 0 bridgehead atoms. The molecule has 0 saturated carbocycles. The van der Waals surface area contributed by atoms with Crippen LogP contribution < -0.4 is 10.2 Å². The molecule has 68 heavy (non-hydrogen) atoms. The van der Waals surface area contributed by atoms with Crippen LogP contribution in [0.15, 0.2) is 237 Å². The standard InChI is InChI=1S/C64H42N4/c1-2-20-46(21-3-1)66-63(45-32-33-48-44(36-45)31-30-40-16-6-8-22-47(40)48)65-64(66)53-34-35-58(51-25-11-10-24-50(51)53)67-57-29-15-13-27-54(57)61-60(67)39-43-19-7-9-23-49(43)62(61)68-56-28-14-12-26-52(56)55-37-41-17-4-5-18-42(41)38-59(55)68/h1-39,52,56,63H/p+1. The first-order valence-corrected chi connectivity index (χ1v) is 23.8. The van der Waals surface area contributed by atoms with Gasteiger partial charge in [-0.15, -0.1) is 0 Å². The van der Waals surface area contributed by atoms with E-state index in [1.165, 1.54) is 104 Å². The van der Waals surface area contributed by atoms with Crippen LogP contribution in [0.1, 0.15) is 28.8 Å². The molecule has 0 saturated heterocycles. The number of amidine groups is 1. The van der Waals surface area contributed by atoms with E-state index in [9.17, 15) is 0 Å². The molecule has 4 nitrogen and oxygen atoms in total. The molecule has 3 aliphatic rings. The first-order valence-electron chi connectivity index (χ1n) is 23.8. The fourth-order valence-electron chi connectivity index (χ4n) is 12.1. The Hall–Kier alpha value is -8.73. The van der Waals surface area contributed by atoms with Crippen LogP contribution >= 0.6 is 0 Å². The third-order valence-corrected chi connectivity index (χ3v) is 15.1. The SMILES string of the molecule is C1=CC2c3cc4ccccc4cc3N(c3c4ccccc4cc4c3c3ccccc3n4-c3ccc(C4=[N+](c5ccccc5)C(c5ccc6c(ccc7ccccc76)c5)N4)c4ccccc34)C2C=C1. The molecular formula is C64H43N4+. The van der Waals surface area contributed by atoms with Crippen LogP contribution in [-0.2, 0) is 0 Å². The Kier molecular flexibility index (Phi) is 7.93. The van der Waals surface area contributed by atoms with Gasteiger partial charge in [0.25, 0.3) is 12.0 Å². The molecule has 4 heteroatoms. The number of para-hydroxylation sites is 2. The summed E-state index contributed by atoms with van der Waals surface area (Å²) in [4.78, 5) is 2.67. The zero-order chi connectivity index (χ0) is 44.5. The monoisotopic (exact) mass is 867 g/mol. The van der Waals surface area contributed by atoms with Crippen molar-refractivity contribution in [3.8, 4) is 5.69 Å². The lowest BCUT2D eigenvalue weighted by atomic mass is 9.90. The zero-order valence-electron chi connectivity index (χ0n) is 37.1. The van der Waals surface area contributed by atoms with E-state index in [0.29, 0.717) is 0 Å². The van der Waals surface area contributed by atoms with Crippen LogP contribution in [-0.4, -0.2) is 21.0 Å². The lowest BCUT2D eigenvalue weighted by molar-refractivity contribution is -0.531. The summed E-state index contributed by atoms with van der Waals surface area (Å²) < 4.78 is 5.01. The highest BCUT2D eigenvalue weighted by Crippen LogP contribution is 2.54. The molecule has 0 spiro atoms. The maximum Gasteiger partial charge on any atom is 0.290 e. The second kappa shape index (κ2) is 14.4. The maximum absolute atomic E-state index is 3.99. The predicted molar refractivity (Wildman–Crippen MR) is 284 cm³/mol. The van der Waals surface area contributed by atoms with Crippen molar-refractivity contribution in [1.82, 2.24) is 9.88 Å². The number of rotatable bonds is 5. The Morgan fingerprint density at radius 3 is 1.93 bits per heavy atom. The van der Waals surface area contributed by atoms with Crippen molar-refractivity contribution in [3.63, 3.8) is 0 Å². The topological polar surface area (TPSA) is 23.2 Å². The number of hydrogen-bond acceptors (Lipinski definition) is 2. The molecule has 11 aromatic carbocycles. The van der Waals surface area contributed by atoms with Gasteiger partial charge < -0.3 is 9.47 Å². The lowest BCUT2D eigenvalue weighted by Crippen LogP contribution is -2.51. The largest absolute Gasteiger partial charge is 0.332 e. The minimum atomic E-state index is -0.0337. The normalized spacial score (nSPS) is 17.5. The third kappa shape index (κ3) is 5.34. The molecule has 0 amide bonds. The molecule has 1 aromatic heterocycles. The van der Waals surface area contributed by atoms with Crippen molar-refractivity contribution >= 4 is 98.6 Å². The lowest BCUT2D eigenvalue weighted by Gasteiger charge is -2.31. The Morgan fingerprint density at radius 1 is 0.426 bits per heavy atom. The van der Waals surface area contributed by atoms with Crippen LogP contribution in [0.4, 0.5) is 17.1 Å². The van der Waals surface area contributed by atoms with Gasteiger partial charge >= 0.3 is 0 Å². The highest BCUT2D eigenvalue weighted by molar-refractivity contribution is 6.24. The highest BCUT2D eigenvalue weighted by Gasteiger charge is 2.42. The number of nitrogens with zero attached hydrogens (tertiary/aromatic N) is 3. The van der Waals surface area contributed by atoms with Gasteiger partial charge in [0.15, 0.2) is 0 Å². The summed E-state index contributed by atoms with van der Waals surface area (Å²) in [5.41, 5.74) is 11.0. The zero-order valence-corrected chi connectivity index (χ0v) is 37.1. The average Bonchev–Trinajstić information content (AvgIpc) is 3.89. The van der Waals surface area contributed by atoms with E-state index in [2.05, 4.69) is 256 Å². The number of aromatic nitrogens is 1. The molecule has 318 valence electrons. The summed E-state index contributed by atoms with van der Waals surface area (Å²) in [5.74, 6) is 1.34. The number of fused-ring (bicyclic) bond motifs is 12. The second-order valence-corrected chi connectivity index (χ2v) is 18.7. The van der Waals surface area contributed by atoms with Crippen LogP contribution in [0.25, 0.3) is 81.4 Å². The average molecular weight is 868 g/mol. The van der Waals surface area contributed by atoms with Crippen molar-refractivity contribution < 1.29 is 4.58 Å². The number of nitrogens with one attached hydrogen (secondary N) is 1. The highest BCUT2D eigenvalue weighted by atomic mass is 15.3. The Morgan fingerprint density at radius 2 is 1.07 bits per heavy atom. The van der Waals surface area contributed by atoms with Crippen LogP contribution in [0.5, 0.6) is 0 Å². The Bertz CT molecular complexity index is 4210. The van der Waals surface area contributed by atoms with Gasteiger partial charge in [0.05, 0.1) is 34.0 Å². The molecular weight excluding hydrogens is 825 g/mol. The first-order chi connectivity index (χ1) is 33.7. The van der Waals surface area contributed by atoms with Crippen molar-refractivity contribution in [2.75, 3.05) is 4.90 Å². The molecule has 1 aliphatic carbocycles.